The predicted molar refractivity (Wildman–Crippen MR) is 126 cm³/mol. The van der Waals surface area contributed by atoms with Crippen LogP contribution in [0.2, 0.25) is 0 Å². The number of guanidine groups is 1. The van der Waals surface area contributed by atoms with Gasteiger partial charge in [-0.05, 0) is 46.1 Å². The summed E-state index contributed by atoms with van der Waals surface area (Å²) in [6.07, 6.45) is 3.28. The Morgan fingerprint density at radius 3 is 2.70 bits per heavy atom. The lowest BCUT2D eigenvalue weighted by Gasteiger charge is -2.12. The first kappa shape index (κ1) is 23.7. The number of thiazole rings is 1. The van der Waals surface area contributed by atoms with Gasteiger partial charge in [-0.2, -0.15) is 0 Å². The number of benzene rings is 1. The Morgan fingerprint density at radius 1 is 1.19 bits per heavy atom. The van der Waals surface area contributed by atoms with Crippen molar-refractivity contribution in [3.8, 4) is 5.75 Å². The molecule has 27 heavy (non-hydrogen) atoms. The van der Waals surface area contributed by atoms with Crippen LogP contribution >= 0.6 is 35.3 Å². The van der Waals surface area contributed by atoms with Crippen LogP contribution < -0.4 is 15.4 Å². The highest BCUT2D eigenvalue weighted by Gasteiger charge is 2.03. The molecule has 2 aromatic rings. The van der Waals surface area contributed by atoms with Crippen LogP contribution in [0.4, 0.5) is 0 Å². The van der Waals surface area contributed by atoms with Crippen LogP contribution in [0.1, 0.15) is 43.0 Å². The molecule has 0 unspecified atom stereocenters. The summed E-state index contributed by atoms with van der Waals surface area (Å²) < 4.78 is 5.67. The smallest absolute Gasteiger partial charge is 0.191 e. The van der Waals surface area contributed by atoms with Crippen molar-refractivity contribution in [3.05, 3.63) is 45.9 Å². The van der Waals surface area contributed by atoms with Crippen LogP contribution in [0.3, 0.4) is 0 Å². The van der Waals surface area contributed by atoms with Crippen molar-refractivity contribution in [1.29, 1.82) is 0 Å². The molecule has 7 heteroatoms. The number of nitrogens with zero attached hydrogens (tertiary/aromatic N) is 2. The average Bonchev–Trinajstić information content (AvgIpc) is 3.06. The fourth-order valence-electron chi connectivity index (χ4n) is 2.56. The number of halogens is 1. The van der Waals surface area contributed by atoms with E-state index in [-0.39, 0.29) is 24.0 Å². The molecule has 150 valence electrons. The highest BCUT2D eigenvalue weighted by atomic mass is 127. The second-order valence-electron chi connectivity index (χ2n) is 6.00. The fraction of sp³-hybridized carbons (Fsp3) is 0.500. The molecule has 0 radical (unpaired) electrons. The highest BCUT2D eigenvalue weighted by molar-refractivity contribution is 14.0. The fourth-order valence-corrected chi connectivity index (χ4v) is 3.38. The quantitative estimate of drug-likeness (QED) is 0.217. The average molecular weight is 502 g/mol. The first-order valence-electron chi connectivity index (χ1n) is 9.36. The molecule has 0 aliphatic rings. The van der Waals surface area contributed by atoms with Gasteiger partial charge in [0.2, 0.25) is 0 Å². The van der Waals surface area contributed by atoms with Crippen LogP contribution in [0.25, 0.3) is 0 Å². The Morgan fingerprint density at radius 2 is 2.00 bits per heavy atom. The molecule has 0 aliphatic carbocycles. The molecule has 0 aliphatic heterocycles. The van der Waals surface area contributed by atoms with Gasteiger partial charge in [-0.1, -0.05) is 18.2 Å². The van der Waals surface area contributed by atoms with Gasteiger partial charge in [0.05, 0.1) is 18.2 Å². The molecule has 0 spiro atoms. The van der Waals surface area contributed by atoms with Crippen molar-refractivity contribution < 1.29 is 4.74 Å². The summed E-state index contributed by atoms with van der Waals surface area (Å²) >= 11 is 1.75. The molecule has 0 saturated carbocycles. The largest absolute Gasteiger partial charge is 0.494 e. The summed E-state index contributed by atoms with van der Waals surface area (Å²) in [6, 6.07) is 8.07. The summed E-state index contributed by atoms with van der Waals surface area (Å²) in [5, 5.41) is 10.1. The maximum absolute atomic E-state index is 5.67. The lowest BCUT2D eigenvalue weighted by molar-refractivity contribution is 0.336. The molecule has 0 amide bonds. The van der Waals surface area contributed by atoms with Crippen molar-refractivity contribution >= 4 is 41.3 Å². The maximum Gasteiger partial charge on any atom is 0.191 e. The zero-order chi connectivity index (χ0) is 18.6. The second kappa shape index (κ2) is 13.8. The number of unbranched alkanes of at least 4 members (excludes halogenated alkanes) is 1. The molecular formula is C20H31IN4OS. The molecule has 0 bridgehead atoms. The van der Waals surface area contributed by atoms with E-state index in [1.807, 2.05) is 32.0 Å². The number of hydrogen-bond donors (Lipinski definition) is 2. The number of para-hydroxylation sites is 1. The standard InChI is InChI=1S/C20H30N4OS.HI/c1-4-21-20(22-13-9-8-12-19-24-16(3)15-26-19)23-14-17-10-6-7-11-18(17)25-5-2;/h6-7,10-11,15H,4-5,8-9,12-14H2,1-3H3,(H2,21,22,23);1H. The molecular weight excluding hydrogens is 471 g/mol. The first-order valence-corrected chi connectivity index (χ1v) is 10.2. The number of nitrogens with one attached hydrogen (secondary N) is 2. The van der Waals surface area contributed by atoms with Gasteiger partial charge in [0, 0.05) is 29.7 Å². The highest BCUT2D eigenvalue weighted by Crippen LogP contribution is 2.18. The van der Waals surface area contributed by atoms with E-state index in [9.17, 15) is 0 Å². The van der Waals surface area contributed by atoms with E-state index in [0.29, 0.717) is 13.2 Å². The van der Waals surface area contributed by atoms with Crippen molar-refractivity contribution in [2.75, 3.05) is 19.7 Å². The number of aliphatic imine (C=N–C) groups is 1. The molecule has 1 aromatic carbocycles. The normalized spacial score (nSPS) is 11.0. The molecule has 2 N–H and O–H groups in total. The number of aryl methyl sites for hydroxylation is 2. The van der Waals surface area contributed by atoms with Gasteiger partial charge >= 0.3 is 0 Å². The van der Waals surface area contributed by atoms with Gasteiger partial charge in [0.1, 0.15) is 5.75 Å². The van der Waals surface area contributed by atoms with Crippen LogP contribution in [-0.4, -0.2) is 30.6 Å². The van der Waals surface area contributed by atoms with E-state index >= 15 is 0 Å². The molecule has 1 heterocycles. The van der Waals surface area contributed by atoms with Crippen molar-refractivity contribution in [1.82, 2.24) is 15.6 Å². The summed E-state index contributed by atoms with van der Waals surface area (Å²) in [6.45, 7) is 9.14. The Labute approximate surface area is 184 Å². The van der Waals surface area contributed by atoms with E-state index in [1.54, 1.807) is 11.3 Å². The number of hydrogen-bond acceptors (Lipinski definition) is 4. The summed E-state index contributed by atoms with van der Waals surface area (Å²) in [7, 11) is 0. The van der Waals surface area contributed by atoms with Gasteiger partial charge in [-0.3, -0.25) is 0 Å². The second-order valence-corrected chi connectivity index (χ2v) is 6.95. The van der Waals surface area contributed by atoms with Crippen LogP contribution in [0.15, 0.2) is 34.6 Å². The Kier molecular flexibility index (Phi) is 12.1. The van der Waals surface area contributed by atoms with Gasteiger partial charge in [-0.25, -0.2) is 9.98 Å². The van der Waals surface area contributed by atoms with Crippen molar-refractivity contribution in [2.24, 2.45) is 4.99 Å². The third-order valence-corrected chi connectivity index (χ3v) is 4.83. The molecule has 2 rings (SSSR count). The zero-order valence-corrected chi connectivity index (χ0v) is 19.6. The van der Waals surface area contributed by atoms with Crippen LogP contribution in [0, 0.1) is 6.92 Å². The van der Waals surface area contributed by atoms with E-state index in [2.05, 4.69) is 39.0 Å². The molecule has 0 atom stereocenters. The van der Waals surface area contributed by atoms with Crippen molar-refractivity contribution in [3.63, 3.8) is 0 Å². The number of aromatic nitrogens is 1. The number of ether oxygens (including phenoxy) is 1. The predicted octanol–water partition coefficient (Wildman–Crippen LogP) is 4.55. The van der Waals surface area contributed by atoms with Crippen LogP contribution in [-0.2, 0) is 13.0 Å². The summed E-state index contributed by atoms with van der Waals surface area (Å²) in [4.78, 5) is 9.20. The minimum atomic E-state index is 0. The minimum absolute atomic E-state index is 0. The lowest BCUT2D eigenvalue weighted by atomic mass is 10.2. The Balaban J connectivity index is 0.00000364. The van der Waals surface area contributed by atoms with Crippen molar-refractivity contribution in [2.45, 2.75) is 46.6 Å². The SMILES string of the molecule is CCNC(=NCc1ccccc1OCC)NCCCCc1nc(C)cs1.I. The van der Waals surface area contributed by atoms with E-state index < -0.39 is 0 Å². The monoisotopic (exact) mass is 502 g/mol. The Hall–Kier alpha value is -1.35. The molecule has 1 aromatic heterocycles. The first-order chi connectivity index (χ1) is 12.7. The third kappa shape index (κ3) is 8.92. The molecule has 5 nitrogen and oxygen atoms in total. The summed E-state index contributed by atoms with van der Waals surface area (Å²) in [5.41, 5.74) is 2.22. The van der Waals surface area contributed by atoms with Gasteiger partial charge in [-0.15, -0.1) is 35.3 Å². The lowest BCUT2D eigenvalue weighted by Crippen LogP contribution is -2.37. The summed E-state index contributed by atoms with van der Waals surface area (Å²) in [5.74, 6) is 1.76. The van der Waals surface area contributed by atoms with Crippen LogP contribution in [0.5, 0.6) is 5.75 Å². The maximum atomic E-state index is 5.67. The molecule has 0 saturated heterocycles. The van der Waals surface area contributed by atoms with E-state index in [4.69, 9.17) is 4.74 Å². The molecule has 0 fully saturated rings. The topological polar surface area (TPSA) is 58.5 Å². The van der Waals surface area contributed by atoms with E-state index in [1.165, 1.54) is 5.01 Å². The number of rotatable bonds is 10. The van der Waals surface area contributed by atoms with Gasteiger partial charge in [0.25, 0.3) is 0 Å². The zero-order valence-electron chi connectivity index (χ0n) is 16.5. The van der Waals surface area contributed by atoms with Gasteiger partial charge in [0.15, 0.2) is 5.96 Å². The minimum Gasteiger partial charge on any atom is -0.494 e. The van der Waals surface area contributed by atoms with E-state index in [0.717, 1.165) is 55.3 Å². The van der Waals surface area contributed by atoms with Gasteiger partial charge < -0.3 is 15.4 Å². The third-order valence-electron chi connectivity index (χ3n) is 3.80. The Bertz CT molecular complexity index is 690.